The SMILES string of the molecule is CN(CC1CCCCC1)c1ccc(C=O)c(Cl)c1. The molecule has 0 bridgehead atoms. The van der Waals surface area contributed by atoms with Crippen molar-refractivity contribution in [2.75, 3.05) is 18.5 Å². The molecule has 98 valence electrons. The fraction of sp³-hybridized carbons (Fsp3) is 0.533. The Morgan fingerprint density at radius 3 is 2.67 bits per heavy atom. The van der Waals surface area contributed by atoms with Crippen molar-refractivity contribution in [1.82, 2.24) is 0 Å². The van der Waals surface area contributed by atoms with Gasteiger partial charge in [0.05, 0.1) is 5.02 Å². The number of hydrogen-bond acceptors (Lipinski definition) is 2. The monoisotopic (exact) mass is 265 g/mol. The Morgan fingerprint density at radius 1 is 1.33 bits per heavy atom. The van der Waals surface area contributed by atoms with Gasteiger partial charge in [-0.25, -0.2) is 0 Å². The van der Waals surface area contributed by atoms with Crippen LogP contribution >= 0.6 is 11.6 Å². The second-order valence-corrected chi connectivity index (χ2v) is 5.62. The summed E-state index contributed by atoms with van der Waals surface area (Å²) in [5.41, 5.74) is 1.66. The summed E-state index contributed by atoms with van der Waals surface area (Å²) in [5, 5.41) is 0.540. The van der Waals surface area contributed by atoms with E-state index in [-0.39, 0.29) is 0 Å². The van der Waals surface area contributed by atoms with Crippen LogP contribution < -0.4 is 4.90 Å². The lowest BCUT2D eigenvalue weighted by molar-refractivity contribution is 0.112. The fourth-order valence-electron chi connectivity index (χ4n) is 2.71. The van der Waals surface area contributed by atoms with Crippen LogP contribution in [0, 0.1) is 5.92 Å². The van der Waals surface area contributed by atoms with E-state index in [1.165, 1.54) is 32.1 Å². The number of carbonyl (C=O) groups excluding carboxylic acids is 1. The zero-order valence-corrected chi connectivity index (χ0v) is 11.6. The Hall–Kier alpha value is -1.02. The zero-order valence-electron chi connectivity index (χ0n) is 10.9. The third-order valence-electron chi connectivity index (χ3n) is 3.81. The summed E-state index contributed by atoms with van der Waals surface area (Å²) in [6.45, 7) is 1.08. The van der Waals surface area contributed by atoms with E-state index in [9.17, 15) is 4.79 Å². The van der Waals surface area contributed by atoms with E-state index in [1.54, 1.807) is 6.07 Å². The van der Waals surface area contributed by atoms with Gasteiger partial charge in [0.25, 0.3) is 0 Å². The highest BCUT2D eigenvalue weighted by atomic mass is 35.5. The van der Waals surface area contributed by atoms with Crippen LogP contribution in [0.1, 0.15) is 42.5 Å². The largest absolute Gasteiger partial charge is 0.374 e. The molecule has 0 aromatic heterocycles. The Labute approximate surface area is 114 Å². The first-order chi connectivity index (χ1) is 8.70. The zero-order chi connectivity index (χ0) is 13.0. The lowest BCUT2D eigenvalue weighted by Gasteiger charge is -2.28. The van der Waals surface area contributed by atoms with Gasteiger partial charge in [0.15, 0.2) is 6.29 Å². The number of benzene rings is 1. The van der Waals surface area contributed by atoms with Gasteiger partial charge in [0.2, 0.25) is 0 Å². The van der Waals surface area contributed by atoms with Crippen molar-refractivity contribution in [2.24, 2.45) is 5.92 Å². The molecular formula is C15H20ClNO. The summed E-state index contributed by atoms with van der Waals surface area (Å²) in [5.74, 6) is 0.799. The lowest BCUT2D eigenvalue weighted by Crippen LogP contribution is -2.26. The topological polar surface area (TPSA) is 20.3 Å². The Kier molecular flexibility index (Phi) is 4.65. The maximum atomic E-state index is 10.7. The summed E-state index contributed by atoms with van der Waals surface area (Å²) in [7, 11) is 2.10. The first-order valence-electron chi connectivity index (χ1n) is 6.66. The Bertz CT molecular complexity index is 413. The number of hydrogen-bond donors (Lipinski definition) is 0. The van der Waals surface area contributed by atoms with E-state index in [0.29, 0.717) is 10.6 Å². The molecule has 0 amide bonds. The summed E-state index contributed by atoms with van der Waals surface area (Å²) in [6.07, 6.45) is 7.59. The van der Waals surface area contributed by atoms with E-state index in [4.69, 9.17) is 11.6 Å². The molecule has 0 saturated heterocycles. The normalized spacial score (nSPS) is 16.6. The predicted octanol–water partition coefficient (Wildman–Crippen LogP) is 4.17. The van der Waals surface area contributed by atoms with Crippen molar-refractivity contribution in [2.45, 2.75) is 32.1 Å². The molecule has 0 N–H and O–H groups in total. The molecule has 2 rings (SSSR count). The third kappa shape index (κ3) is 3.26. The van der Waals surface area contributed by atoms with Crippen LogP contribution in [0.4, 0.5) is 5.69 Å². The molecule has 0 aliphatic heterocycles. The lowest BCUT2D eigenvalue weighted by atomic mass is 9.89. The molecule has 18 heavy (non-hydrogen) atoms. The maximum Gasteiger partial charge on any atom is 0.151 e. The van der Waals surface area contributed by atoms with Crippen LogP contribution in [0.15, 0.2) is 18.2 Å². The quantitative estimate of drug-likeness (QED) is 0.762. The molecule has 3 heteroatoms. The highest BCUT2D eigenvalue weighted by Gasteiger charge is 2.16. The van der Waals surface area contributed by atoms with Crippen LogP contribution in [0.3, 0.4) is 0 Å². The van der Waals surface area contributed by atoms with Crippen LogP contribution in [-0.2, 0) is 0 Å². The minimum atomic E-state index is 0.540. The molecule has 1 aromatic rings. The second kappa shape index (κ2) is 6.24. The van der Waals surface area contributed by atoms with Crippen molar-refractivity contribution < 1.29 is 4.79 Å². The van der Waals surface area contributed by atoms with Crippen LogP contribution in [0.5, 0.6) is 0 Å². The molecular weight excluding hydrogens is 246 g/mol. The molecule has 0 radical (unpaired) electrons. The highest BCUT2D eigenvalue weighted by Crippen LogP contribution is 2.27. The molecule has 0 atom stereocenters. The van der Waals surface area contributed by atoms with E-state index >= 15 is 0 Å². The molecule has 1 saturated carbocycles. The minimum absolute atomic E-state index is 0.540. The number of nitrogens with zero attached hydrogens (tertiary/aromatic N) is 1. The molecule has 1 aromatic carbocycles. The van der Waals surface area contributed by atoms with E-state index in [2.05, 4.69) is 11.9 Å². The van der Waals surface area contributed by atoms with Gasteiger partial charge in [-0.3, -0.25) is 4.79 Å². The predicted molar refractivity (Wildman–Crippen MR) is 76.7 cm³/mol. The van der Waals surface area contributed by atoms with Gasteiger partial charge < -0.3 is 4.90 Å². The van der Waals surface area contributed by atoms with E-state index in [1.807, 2.05) is 12.1 Å². The third-order valence-corrected chi connectivity index (χ3v) is 4.14. The average molecular weight is 266 g/mol. The van der Waals surface area contributed by atoms with Crippen molar-refractivity contribution >= 4 is 23.6 Å². The second-order valence-electron chi connectivity index (χ2n) is 5.21. The van der Waals surface area contributed by atoms with Crippen molar-refractivity contribution in [1.29, 1.82) is 0 Å². The van der Waals surface area contributed by atoms with Gasteiger partial charge in [-0.05, 0) is 37.0 Å². The molecule has 1 aliphatic rings. The van der Waals surface area contributed by atoms with Gasteiger partial charge in [-0.1, -0.05) is 30.9 Å². The molecule has 1 aliphatic carbocycles. The van der Waals surface area contributed by atoms with Gasteiger partial charge in [0, 0.05) is 24.8 Å². The highest BCUT2D eigenvalue weighted by molar-refractivity contribution is 6.33. The number of anilines is 1. The van der Waals surface area contributed by atoms with E-state index in [0.717, 1.165) is 24.4 Å². The molecule has 0 heterocycles. The molecule has 0 unspecified atom stereocenters. The fourth-order valence-corrected chi connectivity index (χ4v) is 2.93. The van der Waals surface area contributed by atoms with Gasteiger partial charge in [0.1, 0.15) is 0 Å². The van der Waals surface area contributed by atoms with Crippen molar-refractivity contribution in [3.8, 4) is 0 Å². The van der Waals surface area contributed by atoms with Crippen molar-refractivity contribution in [3.63, 3.8) is 0 Å². The number of carbonyl (C=O) groups is 1. The smallest absolute Gasteiger partial charge is 0.151 e. The Morgan fingerprint density at radius 2 is 2.06 bits per heavy atom. The van der Waals surface area contributed by atoms with E-state index < -0.39 is 0 Å². The van der Waals surface area contributed by atoms with Crippen LogP contribution in [0.25, 0.3) is 0 Å². The average Bonchev–Trinajstić information content (AvgIpc) is 2.39. The van der Waals surface area contributed by atoms with Gasteiger partial charge >= 0.3 is 0 Å². The number of aldehydes is 1. The summed E-state index contributed by atoms with van der Waals surface area (Å²) < 4.78 is 0. The Balaban J connectivity index is 2.01. The minimum Gasteiger partial charge on any atom is -0.374 e. The molecule has 1 fully saturated rings. The van der Waals surface area contributed by atoms with Crippen LogP contribution in [-0.4, -0.2) is 19.9 Å². The standard InChI is InChI=1S/C15H20ClNO/c1-17(10-12-5-3-2-4-6-12)14-8-7-13(11-18)15(16)9-14/h7-9,11-12H,2-6,10H2,1H3. The van der Waals surface area contributed by atoms with Crippen LogP contribution in [0.2, 0.25) is 5.02 Å². The molecule has 0 spiro atoms. The van der Waals surface area contributed by atoms with Gasteiger partial charge in [-0.2, -0.15) is 0 Å². The summed E-state index contributed by atoms with van der Waals surface area (Å²) in [4.78, 5) is 13.0. The summed E-state index contributed by atoms with van der Waals surface area (Å²) >= 11 is 6.06. The molecule has 2 nitrogen and oxygen atoms in total. The number of rotatable bonds is 4. The number of halogens is 1. The maximum absolute atomic E-state index is 10.7. The van der Waals surface area contributed by atoms with Gasteiger partial charge in [-0.15, -0.1) is 0 Å². The first-order valence-corrected chi connectivity index (χ1v) is 7.04. The first kappa shape index (κ1) is 13.4. The van der Waals surface area contributed by atoms with Crippen molar-refractivity contribution in [3.05, 3.63) is 28.8 Å². The summed E-state index contributed by atoms with van der Waals surface area (Å²) in [6, 6.07) is 5.65.